The molecule has 2 heterocycles. The van der Waals surface area contributed by atoms with Crippen LogP contribution < -0.4 is 0 Å². The van der Waals surface area contributed by atoms with Crippen molar-refractivity contribution in [3.05, 3.63) is 53.0 Å². The van der Waals surface area contributed by atoms with Crippen LogP contribution in [0.3, 0.4) is 0 Å². The molecule has 0 saturated carbocycles. The summed E-state index contributed by atoms with van der Waals surface area (Å²) in [6.45, 7) is 2.26. The number of nitriles is 1. The highest BCUT2D eigenvalue weighted by molar-refractivity contribution is 7.98. The average Bonchev–Trinajstić information content (AvgIpc) is 2.53. The van der Waals surface area contributed by atoms with E-state index in [0.717, 1.165) is 29.2 Å². The monoisotopic (exact) mass is 295 g/mol. The van der Waals surface area contributed by atoms with Gasteiger partial charge < -0.3 is 0 Å². The Bertz CT molecular complexity index is 676. The Labute approximate surface area is 129 Å². The molecule has 1 aliphatic carbocycles. The molecule has 0 bridgehead atoms. The Morgan fingerprint density at radius 2 is 2.38 bits per heavy atom. The number of nitrogens with zero attached hydrogens (tertiary/aromatic N) is 3. The molecule has 0 saturated heterocycles. The predicted molar refractivity (Wildman–Crippen MR) is 83.9 cm³/mol. The largest absolute Gasteiger partial charge is 0.264 e. The molecule has 21 heavy (non-hydrogen) atoms. The highest BCUT2D eigenvalue weighted by atomic mass is 32.2. The summed E-state index contributed by atoms with van der Waals surface area (Å²) in [6.07, 6.45) is 6.90. The predicted octanol–water partition coefficient (Wildman–Crippen LogP) is 3.77. The van der Waals surface area contributed by atoms with Crippen LogP contribution in [0.5, 0.6) is 0 Å². The van der Waals surface area contributed by atoms with Crippen LogP contribution in [-0.4, -0.2) is 9.97 Å². The van der Waals surface area contributed by atoms with Crippen molar-refractivity contribution in [2.24, 2.45) is 5.92 Å². The zero-order chi connectivity index (χ0) is 14.7. The lowest BCUT2D eigenvalue weighted by Gasteiger charge is -2.21. The Balaban J connectivity index is 1.83. The third kappa shape index (κ3) is 3.25. The maximum Gasteiger partial charge on any atom is 0.114 e. The highest BCUT2D eigenvalue weighted by Crippen LogP contribution is 2.30. The fraction of sp³-hybridized carbons (Fsp3) is 0.353. The first-order chi connectivity index (χ1) is 10.3. The van der Waals surface area contributed by atoms with Crippen LogP contribution in [-0.2, 0) is 18.6 Å². The van der Waals surface area contributed by atoms with Crippen molar-refractivity contribution < 1.29 is 0 Å². The van der Waals surface area contributed by atoms with Crippen LogP contribution in [0.2, 0.25) is 0 Å². The first kappa shape index (κ1) is 14.1. The summed E-state index contributed by atoms with van der Waals surface area (Å²) >= 11 is 1.62. The van der Waals surface area contributed by atoms with E-state index in [-0.39, 0.29) is 0 Å². The van der Waals surface area contributed by atoms with E-state index in [1.807, 2.05) is 24.4 Å². The van der Waals surface area contributed by atoms with Gasteiger partial charge in [-0.15, -0.1) is 11.8 Å². The second kappa shape index (κ2) is 6.28. The number of rotatable bonds is 3. The van der Waals surface area contributed by atoms with Crippen molar-refractivity contribution in [2.45, 2.75) is 37.0 Å². The van der Waals surface area contributed by atoms with Gasteiger partial charge in [0.2, 0.25) is 0 Å². The lowest BCUT2D eigenvalue weighted by atomic mass is 9.87. The number of aromatic nitrogens is 2. The first-order valence-corrected chi connectivity index (χ1v) is 8.19. The van der Waals surface area contributed by atoms with Gasteiger partial charge in [-0.1, -0.05) is 13.0 Å². The molecule has 1 unspecified atom stereocenters. The molecule has 0 radical (unpaired) electrons. The summed E-state index contributed by atoms with van der Waals surface area (Å²) in [5, 5.41) is 10.2. The van der Waals surface area contributed by atoms with E-state index in [9.17, 15) is 5.26 Å². The van der Waals surface area contributed by atoms with Crippen molar-refractivity contribution in [1.29, 1.82) is 5.26 Å². The minimum Gasteiger partial charge on any atom is -0.264 e. The van der Waals surface area contributed by atoms with Gasteiger partial charge in [-0.3, -0.25) is 4.98 Å². The summed E-state index contributed by atoms with van der Waals surface area (Å²) in [5.41, 5.74) is 4.30. The Morgan fingerprint density at radius 3 is 3.14 bits per heavy atom. The van der Waals surface area contributed by atoms with Crippen LogP contribution in [0.25, 0.3) is 0 Å². The second-order valence-corrected chi connectivity index (χ2v) is 6.52. The Hall–Kier alpha value is -1.86. The van der Waals surface area contributed by atoms with Crippen LogP contribution in [0.15, 0.2) is 35.6 Å². The Morgan fingerprint density at radius 1 is 1.48 bits per heavy atom. The normalized spacial score (nSPS) is 17.0. The van der Waals surface area contributed by atoms with Gasteiger partial charge in [0, 0.05) is 23.8 Å². The van der Waals surface area contributed by atoms with Gasteiger partial charge in [0.05, 0.1) is 5.56 Å². The summed E-state index contributed by atoms with van der Waals surface area (Å²) in [6, 6.07) is 8.32. The first-order valence-electron chi connectivity index (χ1n) is 7.21. The lowest BCUT2D eigenvalue weighted by molar-refractivity contribution is 0.491. The van der Waals surface area contributed by atoms with E-state index in [2.05, 4.69) is 18.0 Å². The van der Waals surface area contributed by atoms with Crippen molar-refractivity contribution in [3.63, 3.8) is 0 Å². The number of thioether (sulfide) groups is 1. The molecule has 0 fully saturated rings. The molecule has 2 aromatic heterocycles. The molecule has 0 aliphatic heterocycles. The molecule has 1 atom stereocenters. The summed E-state index contributed by atoms with van der Waals surface area (Å²) in [4.78, 5) is 8.87. The number of pyridine rings is 2. The van der Waals surface area contributed by atoms with Crippen LogP contribution in [0.1, 0.15) is 35.7 Å². The van der Waals surface area contributed by atoms with Crippen molar-refractivity contribution >= 4 is 11.8 Å². The molecule has 3 rings (SSSR count). The number of hydrogen-bond acceptors (Lipinski definition) is 4. The molecule has 106 valence electrons. The van der Waals surface area contributed by atoms with E-state index >= 15 is 0 Å². The summed E-state index contributed by atoms with van der Waals surface area (Å²) in [7, 11) is 0. The van der Waals surface area contributed by atoms with Crippen LogP contribution in [0, 0.1) is 17.2 Å². The van der Waals surface area contributed by atoms with Crippen molar-refractivity contribution in [1.82, 2.24) is 9.97 Å². The molecule has 4 heteroatoms. The minimum atomic E-state index is 0.694. The second-order valence-electron chi connectivity index (χ2n) is 5.56. The standard InChI is InChI=1S/C17H17N3S/c1-12-4-5-16-14(7-12)8-15(9-18)17(20-16)21-11-13-3-2-6-19-10-13/h2-3,6,8,10,12H,4-5,7,11H2,1H3. The molecule has 3 nitrogen and oxygen atoms in total. The van der Waals surface area contributed by atoms with Gasteiger partial charge in [-0.05, 0) is 48.4 Å². The molecule has 0 spiro atoms. The van der Waals surface area contributed by atoms with Gasteiger partial charge in [0.25, 0.3) is 0 Å². The maximum atomic E-state index is 9.37. The number of aryl methyl sites for hydroxylation is 1. The Kier molecular flexibility index (Phi) is 4.21. The average molecular weight is 295 g/mol. The van der Waals surface area contributed by atoms with Crippen molar-refractivity contribution in [2.75, 3.05) is 0 Å². The minimum absolute atomic E-state index is 0.694. The zero-order valence-electron chi connectivity index (χ0n) is 12.0. The topological polar surface area (TPSA) is 49.6 Å². The van der Waals surface area contributed by atoms with Crippen LogP contribution in [0.4, 0.5) is 0 Å². The smallest absolute Gasteiger partial charge is 0.114 e. The van der Waals surface area contributed by atoms with Gasteiger partial charge in [0.1, 0.15) is 11.1 Å². The molecular weight excluding hydrogens is 278 g/mol. The summed E-state index contributed by atoms with van der Waals surface area (Å²) < 4.78 is 0. The third-order valence-electron chi connectivity index (χ3n) is 3.82. The van der Waals surface area contributed by atoms with Gasteiger partial charge in [-0.2, -0.15) is 5.26 Å². The fourth-order valence-corrected chi connectivity index (χ4v) is 3.56. The van der Waals surface area contributed by atoms with E-state index in [0.29, 0.717) is 11.5 Å². The molecule has 0 N–H and O–H groups in total. The molecule has 0 amide bonds. The third-order valence-corrected chi connectivity index (χ3v) is 4.88. The quantitative estimate of drug-likeness (QED) is 0.809. The van der Waals surface area contributed by atoms with Gasteiger partial charge in [0.15, 0.2) is 0 Å². The molecule has 0 aromatic carbocycles. The van der Waals surface area contributed by atoms with E-state index in [1.54, 1.807) is 18.0 Å². The molecular formula is C17H17N3S. The fourth-order valence-electron chi connectivity index (χ4n) is 2.65. The number of hydrogen-bond donors (Lipinski definition) is 0. The van der Waals surface area contributed by atoms with E-state index in [1.165, 1.54) is 17.7 Å². The van der Waals surface area contributed by atoms with Gasteiger partial charge in [-0.25, -0.2) is 4.98 Å². The highest BCUT2D eigenvalue weighted by Gasteiger charge is 2.19. The number of fused-ring (bicyclic) bond motifs is 1. The lowest BCUT2D eigenvalue weighted by Crippen LogP contribution is -2.14. The summed E-state index contributed by atoms with van der Waals surface area (Å²) in [5.74, 6) is 1.49. The molecule has 1 aliphatic rings. The maximum absolute atomic E-state index is 9.37. The van der Waals surface area contributed by atoms with Crippen molar-refractivity contribution in [3.8, 4) is 6.07 Å². The molecule has 2 aromatic rings. The van der Waals surface area contributed by atoms with Crippen LogP contribution >= 0.6 is 11.8 Å². The van der Waals surface area contributed by atoms with E-state index < -0.39 is 0 Å². The van der Waals surface area contributed by atoms with E-state index in [4.69, 9.17) is 4.98 Å². The zero-order valence-corrected chi connectivity index (χ0v) is 12.9. The van der Waals surface area contributed by atoms with Gasteiger partial charge >= 0.3 is 0 Å². The SMILES string of the molecule is CC1CCc2nc(SCc3cccnc3)c(C#N)cc2C1.